The van der Waals surface area contributed by atoms with Crippen LogP contribution in [0, 0.1) is 0 Å². The molecule has 0 radical (unpaired) electrons. The van der Waals surface area contributed by atoms with Crippen molar-refractivity contribution in [2.75, 3.05) is 0 Å². The van der Waals surface area contributed by atoms with E-state index >= 15 is 0 Å². The number of benzene rings is 3. The Bertz CT molecular complexity index is 850. The van der Waals surface area contributed by atoms with Crippen molar-refractivity contribution in [3.63, 3.8) is 0 Å². The third-order valence-electron chi connectivity index (χ3n) is 3.07. The van der Waals surface area contributed by atoms with Crippen LogP contribution in [0.4, 0.5) is 17.1 Å². The van der Waals surface area contributed by atoms with Gasteiger partial charge in [0.25, 0.3) is 0 Å². The highest BCUT2D eigenvalue weighted by molar-refractivity contribution is 7.78. The molecule has 0 aromatic heterocycles. The number of aliphatic imine (C=N–C) groups is 1. The Morgan fingerprint density at radius 2 is 1.29 bits per heavy atom. The molecule has 0 bridgehead atoms. The molecule has 0 aliphatic heterocycles. The molecule has 0 spiro atoms. The SMILES string of the molecule is S=C=Nc1ccc(N=Nc2ccccc2)c2ccccc12. The van der Waals surface area contributed by atoms with Gasteiger partial charge in [-0.3, -0.25) is 0 Å². The Morgan fingerprint density at radius 1 is 0.667 bits per heavy atom. The van der Waals surface area contributed by atoms with Gasteiger partial charge in [0.15, 0.2) is 0 Å². The summed E-state index contributed by atoms with van der Waals surface area (Å²) in [4.78, 5) is 4.09. The second-order valence-corrected chi connectivity index (χ2v) is 4.57. The summed E-state index contributed by atoms with van der Waals surface area (Å²) in [6, 6.07) is 21.3. The quantitative estimate of drug-likeness (QED) is 0.331. The zero-order valence-corrected chi connectivity index (χ0v) is 11.9. The van der Waals surface area contributed by atoms with Crippen LogP contribution >= 0.6 is 12.2 Å². The fourth-order valence-corrected chi connectivity index (χ4v) is 2.21. The number of isothiocyanates is 1. The van der Waals surface area contributed by atoms with Gasteiger partial charge in [0.05, 0.1) is 22.2 Å². The predicted molar refractivity (Wildman–Crippen MR) is 89.3 cm³/mol. The minimum Gasteiger partial charge on any atom is -0.194 e. The summed E-state index contributed by atoms with van der Waals surface area (Å²) >= 11 is 4.69. The molecule has 100 valence electrons. The van der Waals surface area contributed by atoms with Crippen LogP contribution < -0.4 is 0 Å². The maximum Gasteiger partial charge on any atom is 0.0936 e. The van der Waals surface area contributed by atoms with Gasteiger partial charge in [0.1, 0.15) is 0 Å². The number of hydrogen-bond acceptors (Lipinski definition) is 4. The zero-order valence-electron chi connectivity index (χ0n) is 11.1. The third kappa shape index (κ3) is 2.92. The van der Waals surface area contributed by atoms with Gasteiger partial charge in [-0.05, 0) is 36.5 Å². The molecule has 0 aliphatic carbocycles. The summed E-state index contributed by atoms with van der Waals surface area (Å²) in [5.74, 6) is 0. The lowest BCUT2D eigenvalue weighted by atomic mass is 10.1. The third-order valence-corrected chi connectivity index (χ3v) is 3.16. The van der Waals surface area contributed by atoms with E-state index < -0.39 is 0 Å². The molecule has 0 aliphatic rings. The maximum atomic E-state index is 4.69. The Labute approximate surface area is 127 Å². The van der Waals surface area contributed by atoms with E-state index in [0.29, 0.717) is 0 Å². The lowest BCUT2D eigenvalue weighted by Gasteiger charge is -2.03. The van der Waals surface area contributed by atoms with E-state index in [2.05, 4.69) is 32.6 Å². The Morgan fingerprint density at radius 3 is 2.00 bits per heavy atom. The van der Waals surface area contributed by atoms with Crippen LogP contribution in [-0.4, -0.2) is 5.16 Å². The molecule has 3 aromatic rings. The van der Waals surface area contributed by atoms with Crippen LogP contribution in [0.2, 0.25) is 0 Å². The first-order chi connectivity index (χ1) is 10.4. The second-order valence-electron chi connectivity index (χ2n) is 4.39. The van der Waals surface area contributed by atoms with E-state index in [1.807, 2.05) is 66.7 Å². The van der Waals surface area contributed by atoms with Gasteiger partial charge >= 0.3 is 0 Å². The van der Waals surface area contributed by atoms with Crippen molar-refractivity contribution in [1.29, 1.82) is 0 Å². The number of rotatable bonds is 3. The number of nitrogens with zero attached hydrogens (tertiary/aromatic N) is 3. The van der Waals surface area contributed by atoms with Gasteiger partial charge in [-0.2, -0.15) is 10.1 Å². The predicted octanol–water partition coefficient (Wildman–Crippen LogP) is 5.99. The summed E-state index contributed by atoms with van der Waals surface area (Å²) < 4.78 is 0. The fourth-order valence-electron chi connectivity index (χ4n) is 2.11. The number of hydrogen-bond donors (Lipinski definition) is 0. The van der Waals surface area contributed by atoms with E-state index in [4.69, 9.17) is 0 Å². The smallest absolute Gasteiger partial charge is 0.0936 e. The molecule has 0 fully saturated rings. The van der Waals surface area contributed by atoms with Crippen LogP contribution in [0.5, 0.6) is 0 Å². The summed E-state index contributed by atoms with van der Waals surface area (Å²) in [5, 5.41) is 13.0. The van der Waals surface area contributed by atoms with Crippen molar-refractivity contribution in [1.82, 2.24) is 0 Å². The Hall–Kier alpha value is -2.68. The van der Waals surface area contributed by atoms with Gasteiger partial charge in [0, 0.05) is 10.8 Å². The summed E-state index contributed by atoms with van der Waals surface area (Å²) in [5.41, 5.74) is 2.42. The normalized spacial score (nSPS) is 10.7. The standard InChI is InChI=1S/C17H11N3S/c21-12-18-16-10-11-17(15-9-5-4-8-14(15)16)20-19-13-6-2-1-3-7-13/h1-11H. The maximum absolute atomic E-state index is 4.69. The first-order valence-corrected chi connectivity index (χ1v) is 6.86. The number of azo groups is 1. The second kappa shape index (κ2) is 6.18. The molecular formula is C17H11N3S. The van der Waals surface area contributed by atoms with Crippen molar-refractivity contribution < 1.29 is 0 Å². The zero-order chi connectivity index (χ0) is 14.5. The van der Waals surface area contributed by atoms with Crippen molar-refractivity contribution >= 4 is 45.2 Å². The average Bonchev–Trinajstić information content (AvgIpc) is 2.55. The summed E-state index contributed by atoms with van der Waals surface area (Å²) in [6.45, 7) is 0. The van der Waals surface area contributed by atoms with E-state index in [9.17, 15) is 0 Å². The molecule has 21 heavy (non-hydrogen) atoms. The first kappa shape index (κ1) is 13.3. The number of fused-ring (bicyclic) bond motifs is 1. The van der Waals surface area contributed by atoms with E-state index in [-0.39, 0.29) is 0 Å². The fraction of sp³-hybridized carbons (Fsp3) is 0. The van der Waals surface area contributed by atoms with Gasteiger partial charge in [-0.25, -0.2) is 0 Å². The van der Waals surface area contributed by atoms with Crippen molar-refractivity contribution in [3.05, 3.63) is 66.7 Å². The average molecular weight is 289 g/mol. The van der Waals surface area contributed by atoms with Crippen LogP contribution in [0.3, 0.4) is 0 Å². The first-order valence-electron chi connectivity index (χ1n) is 6.45. The van der Waals surface area contributed by atoms with Crippen LogP contribution in [0.1, 0.15) is 0 Å². The summed E-state index contributed by atoms with van der Waals surface area (Å²) in [6.07, 6.45) is 0. The van der Waals surface area contributed by atoms with Gasteiger partial charge in [-0.1, -0.05) is 42.5 Å². The van der Waals surface area contributed by atoms with Crippen molar-refractivity contribution in [2.24, 2.45) is 15.2 Å². The largest absolute Gasteiger partial charge is 0.194 e. The van der Waals surface area contributed by atoms with Crippen LogP contribution in [0.15, 0.2) is 82.0 Å². The number of thiocarbonyl (C=S) groups is 1. The summed E-state index contributed by atoms with van der Waals surface area (Å²) in [7, 11) is 0. The highest BCUT2D eigenvalue weighted by atomic mass is 32.1. The van der Waals surface area contributed by atoms with Gasteiger partial charge in [0.2, 0.25) is 0 Å². The van der Waals surface area contributed by atoms with Crippen molar-refractivity contribution in [2.45, 2.75) is 0 Å². The highest BCUT2D eigenvalue weighted by Gasteiger charge is 2.04. The highest BCUT2D eigenvalue weighted by Crippen LogP contribution is 2.33. The van der Waals surface area contributed by atoms with Crippen molar-refractivity contribution in [3.8, 4) is 0 Å². The molecule has 0 unspecified atom stereocenters. The Balaban J connectivity index is 2.10. The molecule has 0 saturated heterocycles. The molecule has 0 heterocycles. The minimum atomic E-state index is 0.791. The molecule has 4 heteroatoms. The molecule has 0 N–H and O–H groups in total. The van der Waals surface area contributed by atoms with Gasteiger partial charge < -0.3 is 0 Å². The lowest BCUT2D eigenvalue weighted by molar-refractivity contribution is 1.24. The molecule has 3 nitrogen and oxygen atoms in total. The lowest BCUT2D eigenvalue weighted by Crippen LogP contribution is -1.75. The molecule has 3 aromatic carbocycles. The monoisotopic (exact) mass is 289 g/mol. The molecular weight excluding hydrogens is 278 g/mol. The molecule has 3 rings (SSSR count). The van der Waals surface area contributed by atoms with Crippen LogP contribution in [-0.2, 0) is 0 Å². The van der Waals surface area contributed by atoms with Crippen LogP contribution in [0.25, 0.3) is 10.8 Å². The molecule has 0 amide bonds. The van der Waals surface area contributed by atoms with E-state index in [1.165, 1.54) is 0 Å². The molecule has 0 atom stereocenters. The van der Waals surface area contributed by atoms with E-state index in [0.717, 1.165) is 27.8 Å². The molecule has 0 saturated carbocycles. The minimum absolute atomic E-state index is 0.791. The van der Waals surface area contributed by atoms with Gasteiger partial charge in [-0.15, -0.1) is 5.11 Å². The Kier molecular flexibility index (Phi) is 3.92. The topological polar surface area (TPSA) is 37.1 Å². The van der Waals surface area contributed by atoms with E-state index in [1.54, 1.807) is 0 Å².